The van der Waals surface area contributed by atoms with Crippen LogP contribution in [0.5, 0.6) is 5.75 Å². The summed E-state index contributed by atoms with van der Waals surface area (Å²) in [6.07, 6.45) is -4.63. The first-order valence-electron chi connectivity index (χ1n) is 5.45. The Bertz CT molecular complexity index is 493. The first-order chi connectivity index (χ1) is 8.27. The van der Waals surface area contributed by atoms with Gasteiger partial charge in [-0.25, -0.2) is 0 Å². The molecular weight excluding hydrogens is 247 g/mol. The van der Waals surface area contributed by atoms with Gasteiger partial charge in [0.15, 0.2) is 0 Å². The number of hydrogen-bond donors (Lipinski definition) is 2. The Morgan fingerprint density at radius 2 is 2.00 bits per heavy atom. The number of benzene rings is 1. The smallest absolute Gasteiger partial charge is 0.411 e. The number of amides is 1. The average molecular weight is 259 g/mol. The number of carbonyl (C=O) groups excluding carboxylic acids is 1. The van der Waals surface area contributed by atoms with Crippen LogP contribution < -0.4 is 5.32 Å². The van der Waals surface area contributed by atoms with Crippen LogP contribution >= 0.6 is 0 Å². The Kier molecular flexibility index (Phi) is 2.76. The Hall–Kier alpha value is -1.72. The molecule has 1 aliphatic rings. The lowest BCUT2D eigenvalue weighted by atomic mass is 10.1. The Balaban J connectivity index is 2.21. The monoisotopic (exact) mass is 259 g/mol. The lowest BCUT2D eigenvalue weighted by molar-refractivity contribution is -0.163. The first kappa shape index (κ1) is 12.7. The predicted molar refractivity (Wildman–Crippen MR) is 58.3 cm³/mol. The lowest BCUT2D eigenvalue weighted by Gasteiger charge is -2.21. The Labute approximate surface area is 102 Å². The molecule has 0 spiro atoms. The highest BCUT2D eigenvalue weighted by atomic mass is 19.4. The van der Waals surface area contributed by atoms with Crippen LogP contribution in [0.25, 0.3) is 0 Å². The molecule has 0 unspecified atom stereocenters. The van der Waals surface area contributed by atoms with Gasteiger partial charge in [0.25, 0.3) is 5.91 Å². The highest BCUT2D eigenvalue weighted by Crippen LogP contribution is 2.49. The van der Waals surface area contributed by atoms with Crippen LogP contribution in [0.4, 0.5) is 13.2 Å². The molecule has 1 amide bonds. The number of carbonyl (C=O) groups is 1. The Morgan fingerprint density at radius 3 is 2.50 bits per heavy atom. The number of phenolic OH excluding ortho intramolecular Hbond substituents is 1. The van der Waals surface area contributed by atoms with Crippen molar-refractivity contribution in [1.29, 1.82) is 0 Å². The van der Waals surface area contributed by atoms with Crippen molar-refractivity contribution >= 4 is 5.91 Å². The number of nitrogens with one attached hydrogen (secondary N) is 1. The molecular formula is C12H12F3NO2. The van der Waals surface area contributed by atoms with Gasteiger partial charge in [-0.1, -0.05) is 6.07 Å². The number of phenols is 1. The molecule has 1 fully saturated rings. The molecule has 1 saturated carbocycles. The molecule has 0 atom stereocenters. The SMILES string of the molecule is Cc1c(O)cccc1C(=O)NC1(C(F)(F)F)CC1. The summed E-state index contributed by atoms with van der Waals surface area (Å²) in [6, 6.07) is 4.18. The second kappa shape index (κ2) is 3.90. The van der Waals surface area contributed by atoms with E-state index < -0.39 is 17.6 Å². The van der Waals surface area contributed by atoms with E-state index >= 15 is 0 Å². The molecule has 0 bridgehead atoms. The highest BCUT2D eigenvalue weighted by molar-refractivity contribution is 5.97. The molecule has 1 aromatic rings. The first-order valence-corrected chi connectivity index (χ1v) is 5.45. The van der Waals surface area contributed by atoms with Gasteiger partial charge in [-0.05, 0) is 31.9 Å². The van der Waals surface area contributed by atoms with E-state index in [0.717, 1.165) is 0 Å². The number of aromatic hydroxyl groups is 1. The maximum absolute atomic E-state index is 12.7. The van der Waals surface area contributed by atoms with Gasteiger partial charge in [-0.2, -0.15) is 13.2 Å². The van der Waals surface area contributed by atoms with Crippen LogP contribution in [0.3, 0.4) is 0 Å². The minimum absolute atomic E-state index is 0.0607. The number of halogens is 3. The zero-order chi connectivity index (χ0) is 13.6. The van der Waals surface area contributed by atoms with Crippen molar-refractivity contribution in [2.24, 2.45) is 0 Å². The van der Waals surface area contributed by atoms with Crippen LogP contribution in [-0.4, -0.2) is 22.7 Å². The molecule has 0 heterocycles. The summed E-state index contributed by atoms with van der Waals surface area (Å²) in [7, 11) is 0. The van der Waals surface area contributed by atoms with Gasteiger partial charge in [-0.3, -0.25) is 4.79 Å². The van der Waals surface area contributed by atoms with Crippen molar-refractivity contribution in [3.8, 4) is 5.75 Å². The van der Waals surface area contributed by atoms with Gasteiger partial charge in [0.1, 0.15) is 11.3 Å². The van der Waals surface area contributed by atoms with Crippen LogP contribution in [0.1, 0.15) is 28.8 Å². The molecule has 0 aliphatic heterocycles. The summed E-state index contributed by atoms with van der Waals surface area (Å²) in [5.41, 5.74) is -1.75. The maximum Gasteiger partial charge on any atom is 0.411 e. The zero-order valence-electron chi connectivity index (χ0n) is 9.64. The van der Waals surface area contributed by atoms with Crippen molar-refractivity contribution < 1.29 is 23.1 Å². The van der Waals surface area contributed by atoms with Crippen molar-refractivity contribution in [2.75, 3.05) is 0 Å². The van der Waals surface area contributed by atoms with Gasteiger partial charge in [0.05, 0.1) is 0 Å². The van der Waals surface area contributed by atoms with Crippen LogP contribution in [-0.2, 0) is 0 Å². The van der Waals surface area contributed by atoms with Crippen LogP contribution in [0.2, 0.25) is 0 Å². The minimum atomic E-state index is -4.44. The molecule has 6 heteroatoms. The topological polar surface area (TPSA) is 49.3 Å². The fraction of sp³-hybridized carbons (Fsp3) is 0.417. The average Bonchev–Trinajstić information content (AvgIpc) is 3.02. The molecule has 0 saturated heterocycles. The fourth-order valence-corrected chi connectivity index (χ4v) is 1.76. The third-order valence-electron chi connectivity index (χ3n) is 3.20. The molecule has 1 aromatic carbocycles. The number of alkyl halides is 3. The van der Waals surface area contributed by atoms with Gasteiger partial charge in [-0.15, -0.1) is 0 Å². The second-order valence-corrected chi connectivity index (χ2v) is 4.48. The van der Waals surface area contributed by atoms with Crippen molar-refractivity contribution in [2.45, 2.75) is 31.5 Å². The van der Waals surface area contributed by atoms with E-state index in [-0.39, 0.29) is 29.7 Å². The van der Waals surface area contributed by atoms with E-state index in [9.17, 15) is 23.1 Å². The zero-order valence-corrected chi connectivity index (χ0v) is 9.64. The molecule has 0 aromatic heterocycles. The molecule has 98 valence electrons. The quantitative estimate of drug-likeness (QED) is 0.857. The molecule has 3 nitrogen and oxygen atoms in total. The third-order valence-corrected chi connectivity index (χ3v) is 3.20. The van der Waals surface area contributed by atoms with Gasteiger partial charge < -0.3 is 10.4 Å². The third kappa shape index (κ3) is 2.02. The van der Waals surface area contributed by atoms with Gasteiger partial charge >= 0.3 is 6.18 Å². The molecule has 1 aliphatic carbocycles. The van der Waals surface area contributed by atoms with Crippen LogP contribution in [0, 0.1) is 6.92 Å². The summed E-state index contributed by atoms with van der Waals surface area (Å²) >= 11 is 0. The van der Waals surface area contributed by atoms with Gasteiger partial charge in [0, 0.05) is 11.1 Å². The van der Waals surface area contributed by atoms with Gasteiger partial charge in [0.2, 0.25) is 0 Å². The summed E-state index contributed by atoms with van der Waals surface area (Å²) in [5, 5.41) is 11.4. The second-order valence-electron chi connectivity index (χ2n) is 4.48. The molecule has 2 rings (SSSR count). The van der Waals surface area contributed by atoms with E-state index in [2.05, 4.69) is 0 Å². The fourth-order valence-electron chi connectivity index (χ4n) is 1.76. The van der Waals surface area contributed by atoms with E-state index in [1.165, 1.54) is 25.1 Å². The highest BCUT2D eigenvalue weighted by Gasteiger charge is 2.64. The van der Waals surface area contributed by atoms with Crippen LogP contribution in [0.15, 0.2) is 18.2 Å². The van der Waals surface area contributed by atoms with E-state index in [1.54, 1.807) is 0 Å². The molecule has 2 N–H and O–H groups in total. The van der Waals surface area contributed by atoms with E-state index in [1.807, 2.05) is 5.32 Å². The largest absolute Gasteiger partial charge is 0.508 e. The molecule has 0 radical (unpaired) electrons. The summed E-state index contributed by atoms with van der Waals surface area (Å²) in [5.74, 6) is -0.919. The predicted octanol–water partition coefficient (Wildman–Crippen LogP) is 2.53. The summed E-state index contributed by atoms with van der Waals surface area (Å²) in [6.45, 7) is 1.48. The normalized spacial score (nSPS) is 17.3. The van der Waals surface area contributed by atoms with E-state index in [4.69, 9.17) is 0 Å². The minimum Gasteiger partial charge on any atom is -0.508 e. The summed E-state index contributed by atoms with van der Waals surface area (Å²) in [4.78, 5) is 11.8. The van der Waals surface area contributed by atoms with Crippen molar-refractivity contribution in [3.63, 3.8) is 0 Å². The maximum atomic E-state index is 12.7. The van der Waals surface area contributed by atoms with Crippen molar-refractivity contribution in [3.05, 3.63) is 29.3 Å². The standard InChI is InChI=1S/C12H12F3NO2/c1-7-8(3-2-4-9(7)17)10(18)16-11(5-6-11)12(13,14)15/h2-4,17H,5-6H2,1H3,(H,16,18). The number of hydrogen-bond acceptors (Lipinski definition) is 2. The van der Waals surface area contributed by atoms with E-state index in [0.29, 0.717) is 0 Å². The lowest BCUT2D eigenvalue weighted by Crippen LogP contribution is -2.48. The Morgan fingerprint density at radius 1 is 1.39 bits per heavy atom. The summed E-state index contributed by atoms with van der Waals surface area (Å²) < 4.78 is 38.1. The molecule has 18 heavy (non-hydrogen) atoms. The van der Waals surface area contributed by atoms with Crippen molar-refractivity contribution in [1.82, 2.24) is 5.32 Å². The number of rotatable bonds is 2.